The van der Waals surface area contributed by atoms with Gasteiger partial charge in [-0.05, 0) is 18.1 Å². The Morgan fingerprint density at radius 3 is 2.75 bits per heavy atom. The van der Waals surface area contributed by atoms with Crippen LogP contribution in [0.15, 0.2) is 40.5 Å². The molecule has 3 aliphatic rings. The number of benzene rings is 1. The monoisotopic (exact) mass is 289 g/mol. The van der Waals surface area contributed by atoms with Crippen LogP contribution in [-0.2, 0) is 9.47 Å². The zero-order valence-electron chi connectivity index (χ0n) is 11.2. The lowest BCUT2D eigenvalue weighted by Crippen LogP contribution is -2.33. The molecule has 0 unspecified atom stereocenters. The van der Waals surface area contributed by atoms with Crippen LogP contribution in [0.4, 0.5) is 0 Å². The number of ether oxygens (including phenoxy) is 2. The maximum Gasteiger partial charge on any atom is 0.172 e. The minimum absolute atomic E-state index is 0.371. The van der Waals surface area contributed by atoms with Crippen molar-refractivity contribution in [3.05, 3.63) is 46.1 Å². The minimum atomic E-state index is -0.371. The van der Waals surface area contributed by atoms with Gasteiger partial charge >= 0.3 is 0 Å². The van der Waals surface area contributed by atoms with Crippen LogP contribution in [0.25, 0.3) is 0 Å². The number of halogens is 1. The van der Waals surface area contributed by atoms with Crippen molar-refractivity contribution < 1.29 is 9.47 Å². The van der Waals surface area contributed by atoms with Crippen molar-refractivity contribution in [1.82, 2.24) is 0 Å². The Morgan fingerprint density at radius 2 is 1.95 bits per heavy atom. The topological polar surface area (TPSA) is 30.8 Å². The second-order valence-corrected chi connectivity index (χ2v) is 5.96. The Hall–Kier alpha value is -1.16. The fraction of sp³-hybridized carbons (Fsp3) is 0.438. The van der Waals surface area contributed by atoms with Crippen LogP contribution in [-0.4, -0.2) is 24.7 Å². The van der Waals surface area contributed by atoms with E-state index in [4.69, 9.17) is 26.1 Å². The van der Waals surface area contributed by atoms with E-state index < -0.39 is 0 Å². The molecule has 0 atom stereocenters. The fourth-order valence-electron chi connectivity index (χ4n) is 3.30. The molecule has 0 N–H and O–H groups in total. The molecule has 0 aromatic heterocycles. The van der Waals surface area contributed by atoms with E-state index in [0.717, 1.165) is 42.0 Å². The predicted octanol–water partition coefficient (Wildman–Crippen LogP) is 3.71. The zero-order chi connectivity index (χ0) is 13.6. The maximum absolute atomic E-state index is 6.27. The van der Waals surface area contributed by atoms with Crippen LogP contribution in [0.1, 0.15) is 31.2 Å². The van der Waals surface area contributed by atoms with E-state index in [1.54, 1.807) is 0 Å². The van der Waals surface area contributed by atoms with Crippen molar-refractivity contribution in [1.29, 1.82) is 0 Å². The first kappa shape index (κ1) is 12.6. The first-order valence-corrected chi connectivity index (χ1v) is 7.45. The van der Waals surface area contributed by atoms with E-state index in [2.05, 4.69) is 0 Å². The number of hydrogen-bond donors (Lipinski definition) is 0. The number of rotatable bonds is 1. The van der Waals surface area contributed by atoms with Gasteiger partial charge in [-0.1, -0.05) is 29.8 Å². The number of allylic oxidation sites excluding steroid dienone is 1. The van der Waals surface area contributed by atoms with E-state index in [9.17, 15) is 0 Å². The molecule has 0 bridgehead atoms. The lowest BCUT2D eigenvalue weighted by atomic mass is 9.89. The van der Waals surface area contributed by atoms with Crippen LogP contribution in [0.5, 0.6) is 0 Å². The molecular formula is C16H16ClNO2. The minimum Gasteiger partial charge on any atom is -0.347 e. The van der Waals surface area contributed by atoms with Crippen molar-refractivity contribution >= 4 is 17.3 Å². The molecule has 0 saturated carbocycles. The Morgan fingerprint density at radius 1 is 1.15 bits per heavy atom. The van der Waals surface area contributed by atoms with Gasteiger partial charge in [0.15, 0.2) is 5.79 Å². The number of nitrogens with zero attached hydrogens (tertiary/aromatic N) is 1. The first-order valence-electron chi connectivity index (χ1n) is 7.07. The van der Waals surface area contributed by atoms with Crippen LogP contribution >= 0.6 is 11.6 Å². The van der Waals surface area contributed by atoms with E-state index in [1.807, 2.05) is 24.3 Å². The van der Waals surface area contributed by atoms with Crippen LogP contribution in [0.2, 0.25) is 5.02 Å². The lowest BCUT2D eigenvalue weighted by molar-refractivity contribution is -0.163. The molecule has 4 heteroatoms. The van der Waals surface area contributed by atoms with Crippen LogP contribution in [0.3, 0.4) is 0 Å². The molecule has 4 rings (SSSR count). The predicted molar refractivity (Wildman–Crippen MR) is 78.1 cm³/mol. The van der Waals surface area contributed by atoms with E-state index >= 15 is 0 Å². The third kappa shape index (κ3) is 2.01. The smallest absolute Gasteiger partial charge is 0.172 e. The van der Waals surface area contributed by atoms with E-state index in [-0.39, 0.29) is 5.79 Å². The second kappa shape index (κ2) is 4.69. The van der Waals surface area contributed by atoms with Crippen LogP contribution < -0.4 is 0 Å². The van der Waals surface area contributed by atoms with E-state index in [1.165, 1.54) is 11.3 Å². The SMILES string of the molecule is Clc1ccccc1C1=NC2=C(C1)CC1(CC2)OCCO1. The van der Waals surface area contributed by atoms with Gasteiger partial charge in [0.1, 0.15) is 0 Å². The highest BCUT2D eigenvalue weighted by atomic mass is 35.5. The van der Waals surface area contributed by atoms with Crippen molar-refractivity contribution in [2.24, 2.45) is 4.99 Å². The van der Waals surface area contributed by atoms with Gasteiger partial charge in [0.25, 0.3) is 0 Å². The van der Waals surface area contributed by atoms with Crippen molar-refractivity contribution in [2.75, 3.05) is 13.2 Å². The number of hydrogen-bond acceptors (Lipinski definition) is 3. The summed E-state index contributed by atoms with van der Waals surface area (Å²) in [6, 6.07) is 7.91. The first-order chi connectivity index (χ1) is 9.76. The third-order valence-electron chi connectivity index (χ3n) is 4.28. The average molecular weight is 290 g/mol. The van der Waals surface area contributed by atoms with Gasteiger partial charge in [-0.25, -0.2) is 0 Å². The molecule has 1 aromatic carbocycles. The van der Waals surface area contributed by atoms with Gasteiger partial charge in [-0.3, -0.25) is 4.99 Å². The Balaban J connectivity index is 1.58. The Kier molecular flexibility index (Phi) is 2.95. The summed E-state index contributed by atoms with van der Waals surface area (Å²) in [4.78, 5) is 4.80. The summed E-state index contributed by atoms with van der Waals surface area (Å²) in [7, 11) is 0. The maximum atomic E-state index is 6.27. The molecule has 3 nitrogen and oxygen atoms in total. The number of aliphatic imine (C=N–C) groups is 1. The molecule has 1 aromatic rings. The summed E-state index contributed by atoms with van der Waals surface area (Å²) >= 11 is 6.27. The van der Waals surface area contributed by atoms with Gasteiger partial charge < -0.3 is 9.47 Å². The molecule has 1 spiro atoms. The van der Waals surface area contributed by atoms with Gasteiger partial charge in [0, 0.05) is 35.5 Å². The van der Waals surface area contributed by atoms with Gasteiger partial charge in [-0.2, -0.15) is 0 Å². The molecule has 104 valence electrons. The summed E-state index contributed by atoms with van der Waals surface area (Å²) in [5.74, 6) is -0.371. The van der Waals surface area contributed by atoms with Crippen LogP contribution in [0, 0.1) is 0 Å². The average Bonchev–Trinajstić information content (AvgIpc) is 3.06. The Bertz CT molecular complexity index is 615. The molecule has 0 radical (unpaired) electrons. The van der Waals surface area contributed by atoms with Crippen molar-refractivity contribution in [3.63, 3.8) is 0 Å². The zero-order valence-corrected chi connectivity index (χ0v) is 11.9. The summed E-state index contributed by atoms with van der Waals surface area (Å²) < 4.78 is 11.6. The van der Waals surface area contributed by atoms with Gasteiger partial charge in [0.05, 0.1) is 18.9 Å². The third-order valence-corrected chi connectivity index (χ3v) is 4.61. The molecule has 1 fully saturated rings. The fourth-order valence-corrected chi connectivity index (χ4v) is 3.54. The highest BCUT2D eigenvalue weighted by Gasteiger charge is 2.42. The lowest BCUT2D eigenvalue weighted by Gasteiger charge is -2.31. The molecular weight excluding hydrogens is 274 g/mol. The standard InChI is InChI=1S/C16H16ClNO2/c17-13-4-2-1-3-12(13)15-9-11-10-16(19-7-8-20-16)6-5-14(11)18-15/h1-4H,5-10H2. The molecule has 2 heterocycles. The van der Waals surface area contributed by atoms with Gasteiger partial charge in [-0.15, -0.1) is 0 Å². The molecule has 1 aliphatic carbocycles. The summed E-state index contributed by atoms with van der Waals surface area (Å²) in [6.07, 6.45) is 3.56. The molecule has 1 saturated heterocycles. The van der Waals surface area contributed by atoms with Crippen molar-refractivity contribution in [2.45, 2.75) is 31.5 Å². The summed E-state index contributed by atoms with van der Waals surface area (Å²) in [5, 5.41) is 0.772. The summed E-state index contributed by atoms with van der Waals surface area (Å²) in [5.41, 5.74) is 4.69. The highest BCUT2D eigenvalue weighted by Crippen LogP contribution is 2.43. The Labute approximate surface area is 123 Å². The van der Waals surface area contributed by atoms with Gasteiger partial charge in [0.2, 0.25) is 0 Å². The molecule has 2 aliphatic heterocycles. The normalized spacial score (nSPS) is 24.1. The van der Waals surface area contributed by atoms with Crippen molar-refractivity contribution in [3.8, 4) is 0 Å². The molecule has 0 amide bonds. The largest absolute Gasteiger partial charge is 0.347 e. The van der Waals surface area contributed by atoms with E-state index in [0.29, 0.717) is 13.2 Å². The highest BCUT2D eigenvalue weighted by molar-refractivity contribution is 6.34. The quantitative estimate of drug-likeness (QED) is 0.789. The second-order valence-electron chi connectivity index (χ2n) is 5.55. The molecule has 20 heavy (non-hydrogen) atoms. The summed E-state index contributed by atoms with van der Waals surface area (Å²) in [6.45, 7) is 1.42.